The molecule has 0 saturated carbocycles. The van der Waals surface area contributed by atoms with Crippen LogP contribution < -0.4 is 20.9 Å². The van der Waals surface area contributed by atoms with Gasteiger partial charge in [0.05, 0.1) is 17.4 Å². The second-order valence-electron chi connectivity index (χ2n) is 7.48. The summed E-state index contributed by atoms with van der Waals surface area (Å²) in [7, 11) is 0. The van der Waals surface area contributed by atoms with Gasteiger partial charge in [-0.05, 0) is 63.9 Å². The fraction of sp³-hybridized carbons (Fsp3) is 0.500. The molecule has 0 unspecified atom stereocenters. The molecular formula is C20H28ClN7O2. The fourth-order valence-electron chi connectivity index (χ4n) is 4.05. The lowest BCUT2D eigenvalue weighted by atomic mass is 10.1. The van der Waals surface area contributed by atoms with Crippen molar-refractivity contribution < 1.29 is 9.59 Å². The van der Waals surface area contributed by atoms with E-state index >= 15 is 0 Å². The number of piperidine rings is 1. The third-order valence-corrected chi connectivity index (χ3v) is 5.61. The van der Waals surface area contributed by atoms with Crippen molar-refractivity contribution in [1.82, 2.24) is 25.6 Å². The molecule has 3 N–H and O–H groups in total. The van der Waals surface area contributed by atoms with Gasteiger partial charge in [-0.3, -0.25) is 9.69 Å². The van der Waals surface area contributed by atoms with Crippen LogP contribution in [0.4, 0.5) is 16.2 Å². The second kappa shape index (κ2) is 9.44. The van der Waals surface area contributed by atoms with E-state index in [0.717, 1.165) is 49.3 Å². The quantitative estimate of drug-likeness (QED) is 0.686. The van der Waals surface area contributed by atoms with Crippen molar-refractivity contribution in [2.45, 2.75) is 39.2 Å². The highest BCUT2D eigenvalue weighted by Gasteiger charge is 2.26. The van der Waals surface area contributed by atoms with E-state index in [9.17, 15) is 9.59 Å². The van der Waals surface area contributed by atoms with Gasteiger partial charge in [0.25, 0.3) is 5.91 Å². The molecule has 2 aromatic rings. The molecule has 3 amide bonds. The van der Waals surface area contributed by atoms with Gasteiger partial charge < -0.3 is 16.0 Å². The number of benzene rings is 1. The summed E-state index contributed by atoms with van der Waals surface area (Å²) in [4.78, 5) is 26.8. The Hall–Kier alpha value is -2.65. The summed E-state index contributed by atoms with van der Waals surface area (Å²) in [6.07, 6.45) is 2.77. The number of nitrogens with zero attached hydrogens (tertiary/aromatic N) is 4. The molecular weight excluding hydrogens is 406 g/mol. The van der Waals surface area contributed by atoms with Crippen LogP contribution in [-0.2, 0) is 6.42 Å². The number of hydrogen-bond donors (Lipinski definition) is 3. The van der Waals surface area contributed by atoms with Crippen LogP contribution in [0.3, 0.4) is 0 Å². The van der Waals surface area contributed by atoms with Crippen molar-refractivity contribution in [1.29, 1.82) is 0 Å². The molecule has 4 rings (SSSR count). The normalized spacial score (nSPS) is 16.0. The van der Waals surface area contributed by atoms with Crippen molar-refractivity contribution >= 4 is 35.7 Å². The molecule has 0 spiro atoms. The first-order valence-electron chi connectivity index (χ1n) is 10.2. The van der Waals surface area contributed by atoms with Crippen molar-refractivity contribution in [2.75, 3.05) is 36.4 Å². The molecule has 2 aliphatic rings. The zero-order valence-corrected chi connectivity index (χ0v) is 18.1. The first-order valence-corrected chi connectivity index (χ1v) is 10.2. The van der Waals surface area contributed by atoms with E-state index in [1.54, 1.807) is 4.90 Å². The summed E-state index contributed by atoms with van der Waals surface area (Å²) in [5.41, 5.74) is 3.69. The maximum absolute atomic E-state index is 12.8. The Labute approximate surface area is 182 Å². The van der Waals surface area contributed by atoms with Crippen molar-refractivity contribution in [2.24, 2.45) is 0 Å². The third kappa shape index (κ3) is 4.27. The van der Waals surface area contributed by atoms with Crippen molar-refractivity contribution in [3.8, 4) is 0 Å². The summed E-state index contributed by atoms with van der Waals surface area (Å²) >= 11 is 0. The molecule has 2 aliphatic heterocycles. The largest absolute Gasteiger partial charge is 0.338 e. The molecule has 10 heteroatoms. The zero-order chi connectivity index (χ0) is 20.4. The van der Waals surface area contributed by atoms with Crippen LogP contribution in [0.5, 0.6) is 0 Å². The number of carbonyl (C=O) groups is 2. The van der Waals surface area contributed by atoms with E-state index in [0.29, 0.717) is 24.5 Å². The number of anilines is 2. The number of aromatic nitrogens is 3. The minimum Gasteiger partial charge on any atom is -0.338 e. The van der Waals surface area contributed by atoms with Gasteiger partial charge >= 0.3 is 6.03 Å². The van der Waals surface area contributed by atoms with Gasteiger partial charge in [-0.2, -0.15) is 0 Å². The lowest BCUT2D eigenvalue weighted by molar-refractivity contribution is 0.102. The molecule has 1 aromatic heterocycles. The Morgan fingerprint density at radius 2 is 2.03 bits per heavy atom. The molecule has 0 radical (unpaired) electrons. The fourth-order valence-corrected chi connectivity index (χ4v) is 4.05. The SMILES string of the molecule is CCNC(=O)N1CCc2ccc(NC(=O)c3nnn(C4CCNCC4)c3C)cc21.Cl. The van der Waals surface area contributed by atoms with Crippen molar-refractivity contribution in [3.63, 3.8) is 0 Å². The highest BCUT2D eigenvalue weighted by Crippen LogP contribution is 2.31. The Kier molecular flexibility index (Phi) is 6.94. The number of carbonyl (C=O) groups excluding carboxylic acids is 2. The van der Waals surface area contributed by atoms with E-state index in [-0.39, 0.29) is 30.4 Å². The highest BCUT2D eigenvalue weighted by atomic mass is 35.5. The maximum Gasteiger partial charge on any atom is 0.321 e. The summed E-state index contributed by atoms with van der Waals surface area (Å²) in [6, 6.07) is 5.83. The van der Waals surface area contributed by atoms with E-state index < -0.39 is 0 Å². The van der Waals surface area contributed by atoms with Gasteiger partial charge in [-0.15, -0.1) is 17.5 Å². The average molecular weight is 434 g/mol. The number of halogens is 1. The number of hydrogen-bond acceptors (Lipinski definition) is 5. The van der Waals surface area contributed by atoms with E-state index in [1.165, 1.54) is 0 Å². The van der Waals surface area contributed by atoms with Crippen LogP contribution in [0.15, 0.2) is 18.2 Å². The van der Waals surface area contributed by atoms with Crippen LogP contribution >= 0.6 is 12.4 Å². The summed E-state index contributed by atoms with van der Waals surface area (Å²) in [6.45, 7) is 6.89. The molecule has 3 heterocycles. The summed E-state index contributed by atoms with van der Waals surface area (Å²) in [5.74, 6) is -0.287. The molecule has 0 atom stereocenters. The van der Waals surface area contributed by atoms with E-state index in [4.69, 9.17) is 0 Å². The molecule has 1 fully saturated rings. The molecule has 1 saturated heterocycles. The average Bonchev–Trinajstić information content (AvgIpc) is 3.32. The maximum atomic E-state index is 12.8. The summed E-state index contributed by atoms with van der Waals surface area (Å²) < 4.78 is 1.87. The minimum atomic E-state index is -0.287. The number of fused-ring (bicyclic) bond motifs is 1. The Balaban J connectivity index is 0.00000256. The molecule has 30 heavy (non-hydrogen) atoms. The predicted molar refractivity (Wildman–Crippen MR) is 118 cm³/mol. The monoisotopic (exact) mass is 433 g/mol. The zero-order valence-electron chi connectivity index (χ0n) is 17.3. The van der Waals surface area contributed by atoms with Crippen LogP contribution in [0.25, 0.3) is 0 Å². The molecule has 0 bridgehead atoms. The number of amides is 3. The third-order valence-electron chi connectivity index (χ3n) is 5.61. The first kappa shape index (κ1) is 22.0. The molecule has 0 aliphatic carbocycles. The first-order chi connectivity index (χ1) is 14.1. The van der Waals surface area contributed by atoms with E-state index in [2.05, 4.69) is 26.3 Å². The van der Waals surface area contributed by atoms with Gasteiger partial charge in [-0.25, -0.2) is 9.48 Å². The number of urea groups is 1. The van der Waals surface area contributed by atoms with E-state index in [1.807, 2.05) is 36.7 Å². The van der Waals surface area contributed by atoms with Gasteiger partial charge in [0.2, 0.25) is 0 Å². The van der Waals surface area contributed by atoms with Gasteiger partial charge in [0.15, 0.2) is 5.69 Å². The topological polar surface area (TPSA) is 104 Å². The lowest BCUT2D eigenvalue weighted by Gasteiger charge is -2.23. The molecule has 9 nitrogen and oxygen atoms in total. The Bertz CT molecular complexity index is 924. The second-order valence-corrected chi connectivity index (χ2v) is 7.48. The Morgan fingerprint density at radius 3 is 2.77 bits per heavy atom. The van der Waals surface area contributed by atoms with Gasteiger partial charge in [0.1, 0.15) is 0 Å². The van der Waals surface area contributed by atoms with Gasteiger partial charge in [-0.1, -0.05) is 11.3 Å². The van der Waals surface area contributed by atoms with Crippen molar-refractivity contribution in [3.05, 3.63) is 35.2 Å². The number of rotatable bonds is 4. The van der Waals surface area contributed by atoms with Gasteiger partial charge in [0, 0.05) is 18.8 Å². The summed E-state index contributed by atoms with van der Waals surface area (Å²) in [5, 5.41) is 17.4. The van der Waals surface area contributed by atoms with Crippen LogP contribution in [-0.4, -0.2) is 53.1 Å². The predicted octanol–water partition coefficient (Wildman–Crippen LogP) is 2.28. The lowest BCUT2D eigenvalue weighted by Crippen LogP contribution is -2.38. The van der Waals surface area contributed by atoms with Crippen LogP contribution in [0.1, 0.15) is 47.6 Å². The smallest absolute Gasteiger partial charge is 0.321 e. The molecule has 1 aromatic carbocycles. The Morgan fingerprint density at radius 1 is 1.27 bits per heavy atom. The standard InChI is InChI=1S/C20H27N7O2.ClH/c1-3-22-20(29)26-11-8-14-4-5-15(12-17(14)26)23-19(28)18-13(2)27(25-24-18)16-6-9-21-10-7-16;/h4-5,12,16,21H,3,6-11H2,1-2H3,(H,22,29)(H,23,28);1H. The minimum absolute atomic E-state index is 0. The molecule has 162 valence electrons. The van der Waals surface area contributed by atoms with Crippen LogP contribution in [0, 0.1) is 6.92 Å². The highest BCUT2D eigenvalue weighted by molar-refractivity contribution is 6.04. The number of nitrogens with one attached hydrogen (secondary N) is 3. The van der Waals surface area contributed by atoms with Crippen LogP contribution in [0.2, 0.25) is 0 Å².